The molecule has 0 aliphatic carbocycles. The summed E-state index contributed by atoms with van der Waals surface area (Å²) in [5, 5.41) is 3.45. The third kappa shape index (κ3) is 2.68. The first kappa shape index (κ1) is 11.2. The van der Waals surface area contributed by atoms with E-state index in [0.717, 1.165) is 26.2 Å². The third-order valence-electron chi connectivity index (χ3n) is 3.77. The maximum absolute atomic E-state index is 6.01. The van der Waals surface area contributed by atoms with E-state index in [1.165, 1.54) is 18.5 Å². The molecule has 1 aromatic rings. The highest BCUT2D eigenvalue weighted by molar-refractivity contribution is 5.13. The molecule has 2 aliphatic heterocycles. The fourth-order valence-electron chi connectivity index (χ4n) is 2.82. The van der Waals surface area contributed by atoms with Gasteiger partial charge in [-0.15, -0.1) is 0 Å². The van der Waals surface area contributed by atoms with Crippen LogP contribution in [0.3, 0.4) is 0 Å². The second kappa shape index (κ2) is 5.17. The van der Waals surface area contributed by atoms with Gasteiger partial charge >= 0.3 is 0 Å². The van der Waals surface area contributed by atoms with Crippen LogP contribution in [0.25, 0.3) is 0 Å². The van der Waals surface area contributed by atoms with Gasteiger partial charge < -0.3 is 10.1 Å². The van der Waals surface area contributed by atoms with Crippen LogP contribution in [0.15, 0.2) is 30.3 Å². The highest BCUT2D eigenvalue weighted by Crippen LogP contribution is 2.22. The van der Waals surface area contributed by atoms with Crippen LogP contribution < -0.4 is 5.32 Å². The number of nitrogens with zero attached hydrogens (tertiary/aromatic N) is 1. The number of fused-ring (bicyclic) bond motifs is 1. The van der Waals surface area contributed by atoms with E-state index in [1.54, 1.807) is 0 Å². The van der Waals surface area contributed by atoms with E-state index in [1.807, 2.05) is 6.07 Å². The topological polar surface area (TPSA) is 24.5 Å². The molecule has 0 aromatic heterocycles. The quantitative estimate of drug-likeness (QED) is 0.849. The van der Waals surface area contributed by atoms with Gasteiger partial charge in [0.1, 0.15) is 0 Å². The van der Waals surface area contributed by atoms with Crippen LogP contribution in [-0.2, 0) is 11.3 Å². The van der Waals surface area contributed by atoms with Gasteiger partial charge in [-0.05, 0) is 12.0 Å². The van der Waals surface area contributed by atoms with E-state index in [-0.39, 0.29) is 0 Å². The van der Waals surface area contributed by atoms with Gasteiger partial charge in [0.25, 0.3) is 0 Å². The van der Waals surface area contributed by atoms with Crippen LogP contribution in [0.5, 0.6) is 0 Å². The maximum atomic E-state index is 6.01. The van der Waals surface area contributed by atoms with Gasteiger partial charge in [-0.25, -0.2) is 0 Å². The minimum atomic E-state index is 0.417. The van der Waals surface area contributed by atoms with E-state index < -0.39 is 0 Å². The molecule has 3 nitrogen and oxygen atoms in total. The van der Waals surface area contributed by atoms with Crippen LogP contribution in [-0.4, -0.2) is 43.2 Å². The molecule has 0 radical (unpaired) electrons. The Bertz CT molecular complexity index is 340. The van der Waals surface area contributed by atoms with E-state index in [4.69, 9.17) is 4.74 Å². The number of rotatable bonds is 3. The summed E-state index contributed by atoms with van der Waals surface area (Å²) in [4.78, 5) is 2.56. The Hall–Kier alpha value is -0.900. The smallest absolute Gasteiger partial charge is 0.0722 e. The zero-order chi connectivity index (χ0) is 11.5. The van der Waals surface area contributed by atoms with Crippen molar-refractivity contribution in [1.29, 1.82) is 0 Å². The predicted molar refractivity (Wildman–Crippen MR) is 67.9 cm³/mol. The maximum Gasteiger partial charge on any atom is 0.0722 e. The van der Waals surface area contributed by atoms with Crippen LogP contribution in [0.2, 0.25) is 0 Å². The normalized spacial score (nSPS) is 29.2. The number of benzene rings is 1. The first-order valence-corrected chi connectivity index (χ1v) is 6.52. The molecule has 3 rings (SSSR count). The van der Waals surface area contributed by atoms with Crippen molar-refractivity contribution in [1.82, 2.24) is 10.2 Å². The zero-order valence-electron chi connectivity index (χ0n) is 10.1. The van der Waals surface area contributed by atoms with E-state index in [9.17, 15) is 0 Å². The van der Waals surface area contributed by atoms with Crippen molar-refractivity contribution in [3.63, 3.8) is 0 Å². The second-order valence-corrected chi connectivity index (χ2v) is 5.01. The molecular formula is C14H20N2O. The Kier molecular flexibility index (Phi) is 3.41. The largest absolute Gasteiger partial charge is 0.372 e. The van der Waals surface area contributed by atoms with Crippen molar-refractivity contribution in [2.24, 2.45) is 0 Å². The average Bonchev–Trinajstić information content (AvgIpc) is 2.80. The second-order valence-electron chi connectivity index (χ2n) is 5.01. The first-order valence-electron chi connectivity index (χ1n) is 6.52. The van der Waals surface area contributed by atoms with Gasteiger partial charge in [-0.1, -0.05) is 30.3 Å². The monoisotopic (exact) mass is 232 g/mol. The number of nitrogens with one attached hydrogen (secondary N) is 1. The van der Waals surface area contributed by atoms with Crippen LogP contribution >= 0.6 is 0 Å². The van der Waals surface area contributed by atoms with E-state index in [2.05, 4.69) is 34.5 Å². The molecule has 2 saturated heterocycles. The van der Waals surface area contributed by atoms with Crippen LogP contribution in [0.1, 0.15) is 12.0 Å². The number of hydrogen-bond donors (Lipinski definition) is 1. The molecule has 2 heterocycles. The summed E-state index contributed by atoms with van der Waals surface area (Å²) in [6.45, 7) is 5.29. The van der Waals surface area contributed by atoms with Crippen molar-refractivity contribution in [3.05, 3.63) is 35.9 Å². The van der Waals surface area contributed by atoms with E-state index >= 15 is 0 Å². The highest BCUT2D eigenvalue weighted by Gasteiger charge is 2.33. The lowest BCUT2D eigenvalue weighted by Crippen LogP contribution is -2.47. The van der Waals surface area contributed by atoms with Gasteiger partial charge in [0, 0.05) is 32.2 Å². The van der Waals surface area contributed by atoms with Crippen LogP contribution in [0, 0.1) is 0 Å². The summed E-state index contributed by atoms with van der Waals surface area (Å²) >= 11 is 0. The zero-order valence-corrected chi connectivity index (χ0v) is 10.1. The van der Waals surface area contributed by atoms with Crippen molar-refractivity contribution < 1.29 is 4.74 Å². The highest BCUT2D eigenvalue weighted by atomic mass is 16.5. The lowest BCUT2D eigenvalue weighted by molar-refractivity contribution is 0.0469. The summed E-state index contributed by atoms with van der Waals surface area (Å²) in [5.41, 5.74) is 1.27. The molecule has 2 fully saturated rings. The van der Waals surface area contributed by atoms with Crippen molar-refractivity contribution >= 4 is 0 Å². The van der Waals surface area contributed by atoms with E-state index in [0.29, 0.717) is 12.1 Å². The Morgan fingerprint density at radius 3 is 3.00 bits per heavy atom. The SMILES string of the molecule is c1ccc(COC2C[C@H]3CNCCN3C2)cc1. The summed E-state index contributed by atoms with van der Waals surface area (Å²) in [6, 6.07) is 11.1. The van der Waals surface area contributed by atoms with Crippen molar-refractivity contribution in [2.75, 3.05) is 26.2 Å². The van der Waals surface area contributed by atoms with Gasteiger partial charge in [-0.2, -0.15) is 0 Å². The van der Waals surface area contributed by atoms with Gasteiger partial charge in [-0.3, -0.25) is 4.90 Å². The number of piperazine rings is 1. The average molecular weight is 232 g/mol. The predicted octanol–water partition coefficient (Wildman–Crippen LogP) is 1.25. The molecule has 0 spiro atoms. The van der Waals surface area contributed by atoms with Gasteiger partial charge in [0.15, 0.2) is 0 Å². The van der Waals surface area contributed by atoms with Gasteiger partial charge in [0.05, 0.1) is 12.7 Å². The summed E-state index contributed by atoms with van der Waals surface area (Å²) in [6.07, 6.45) is 1.60. The molecule has 92 valence electrons. The third-order valence-corrected chi connectivity index (χ3v) is 3.77. The Balaban J connectivity index is 1.50. The minimum absolute atomic E-state index is 0.417. The fraction of sp³-hybridized carbons (Fsp3) is 0.571. The molecule has 0 bridgehead atoms. The molecule has 1 unspecified atom stereocenters. The molecule has 3 heteroatoms. The lowest BCUT2D eigenvalue weighted by atomic mass is 10.1. The lowest BCUT2D eigenvalue weighted by Gasteiger charge is -2.29. The fourth-order valence-corrected chi connectivity index (χ4v) is 2.82. The van der Waals surface area contributed by atoms with Crippen molar-refractivity contribution in [3.8, 4) is 0 Å². The van der Waals surface area contributed by atoms with Crippen LogP contribution in [0.4, 0.5) is 0 Å². The summed E-state index contributed by atoms with van der Waals surface area (Å²) < 4.78 is 6.01. The minimum Gasteiger partial charge on any atom is -0.372 e. The molecule has 1 aromatic carbocycles. The Labute approximate surface area is 103 Å². The Morgan fingerprint density at radius 2 is 2.18 bits per heavy atom. The number of ether oxygens (including phenoxy) is 1. The standard InChI is InChI=1S/C14H20N2O/c1-2-4-12(5-3-1)11-17-14-8-13-9-15-6-7-16(13)10-14/h1-5,13-15H,6-11H2/t13-,14?/m0/s1. The molecule has 17 heavy (non-hydrogen) atoms. The number of hydrogen-bond acceptors (Lipinski definition) is 3. The first-order chi connectivity index (χ1) is 8.42. The molecular weight excluding hydrogens is 212 g/mol. The van der Waals surface area contributed by atoms with Crippen molar-refractivity contribution in [2.45, 2.75) is 25.2 Å². The Morgan fingerprint density at radius 1 is 1.29 bits per heavy atom. The summed E-state index contributed by atoms with van der Waals surface area (Å²) in [7, 11) is 0. The molecule has 0 amide bonds. The molecule has 0 saturated carbocycles. The van der Waals surface area contributed by atoms with Gasteiger partial charge in [0.2, 0.25) is 0 Å². The molecule has 1 N–H and O–H groups in total. The summed E-state index contributed by atoms with van der Waals surface area (Å²) in [5.74, 6) is 0. The molecule has 2 atom stereocenters. The molecule has 2 aliphatic rings.